The molecule has 14 heavy (non-hydrogen) atoms. The molecule has 78 valence electrons. The van der Waals surface area contributed by atoms with Crippen LogP contribution in [0.3, 0.4) is 0 Å². The third-order valence-corrected chi connectivity index (χ3v) is 2.60. The molecule has 0 saturated carbocycles. The lowest BCUT2D eigenvalue weighted by atomic mass is 10.1. The second-order valence-corrected chi connectivity index (χ2v) is 4.28. The van der Waals surface area contributed by atoms with Crippen molar-refractivity contribution in [1.29, 1.82) is 0 Å². The zero-order valence-corrected chi connectivity index (χ0v) is 9.58. The molecule has 1 rings (SSSR count). The van der Waals surface area contributed by atoms with Crippen molar-refractivity contribution in [2.24, 2.45) is 5.73 Å². The number of halogens is 1. The van der Waals surface area contributed by atoms with Crippen LogP contribution in [0.1, 0.15) is 24.3 Å². The van der Waals surface area contributed by atoms with E-state index in [0.29, 0.717) is 11.3 Å². The van der Waals surface area contributed by atoms with E-state index in [0.717, 1.165) is 0 Å². The molecule has 0 spiro atoms. The highest BCUT2D eigenvalue weighted by atomic mass is 79.9. The predicted octanol–water partition coefficient (Wildman–Crippen LogP) is 1.04. The summed E-state index contributed by atoms with van der Waals surface area (Å²) in [4.78, 5) is 14.8. The quantitative estimate of drug-likeness (QED) is 0.852. The van der Waals surface area contributed by atoms with Crippen molar-refractivity contribution < 1.29 is 9.90 Å². The first-order chi connectivity index (χ1) is 6.40. The maximum absolute atomic E-state index is 10.9. The van der Waals surface area contributed by atoms with Crippen LogP contribution in [0.25, 0.3) is 0 Å². The van der Waals surface area contributed by atoms with Crippen molar-refractivity contribution in [3.05, 3.63) is 16.6 Å². The van der Waals surface area contributed by atoms with Gasteiger partial charge in [-0.2, -0.15) is 0 Å². The number of aromatic nitrogens is 2. The largest absolute Gasteiger partial charge is 0.477 e. The van der Waals surface area contributed by atoms with Crippen molar-refractivity contribution in [3.8, 4) is 0 Å². The lowest BCUT2D eigenvalue weighted by Crippen LogP contribution is -2.37. The first-order valence-electron chi connectivity index (χ1n) is 4.07. The summed E-state index contributed by atoms with van der Waals surface area (Å²) in [6.07, 6.45) is 1.31. The molecule has 0 fully saturated rings. The normalized spacial score (nSPS) is 11.7. The Labute approximate surface area is 90.1 Å². The SMILES string of the molecule is CC(C)(CN)n1c(C(=O)O)cnc1Br. The van der Waals surface area contributed by atoms with Gasteiger partial charge in [0.2, 0.25) is 0 Å². The highest BCUT2D eigenvalue weighted by Crippen LogP contribution is 2.22. The van der Waals surface area contributed by atoms with Crippen LogP contribution >= 0.6 is 15.9 Å². The van der Waals surface area contributed by atoms with Gasteiger partial charge in [0.1, 0.15) is 5.69 Å². The number of rotatable bonds is 3. The Morgan fingerprint density at radius 1 is 1.79 bits per heavy atom. The van der Waals surface area contributed by atoms with E-state index in [2.05, 4.69) is 20.9 Å². The summed E-state index contributed by atoms with van der Waals surface area (Å²) in [6.45, 7) is 4.04. The van der Waals surface area contributed by atoms with Gasteiger partial charge in [-0.15, -0.1) is 0 Å². The van der Waals surface area contributed by atoms with Gasteiger partial charge >= 0.3 is 5.97 Å². The summed E-state index contributed by atoms with van der Waals surface area (Å²) < 4.78 is 2.04. The molecule has 0 atom stereocenters. The molecule has 0 aliphatic rings. The van der Waals surface area contributed by atoms with Crippen LogP contribution in [0, 0.1) is 0 Å². The Kier molecular flexibility index (Phi) is 2.96. The molecule has 0 bridgehead atoms. The van der Waals surface area contributed by atoms with Gasteiger partial charge in [-0.25, -0.2) is 9.78 Å². The molecule has 3 N–H and O–H groups in total. The fraction of sp³-hybridized carbons (Fsp3) is 0.500. The number of carboxylic acids is 1. The van der Waals surface area contributed by atoms with E-state index in [9.17, 15) is 4.79 Å². The van der Waals surface area contributed by atoms with Gasteiger partial charge < -0.3 is 15.4 Å². The summed E-state index contributed by atoms with van der Waals surface area (Å²) >= 11 is 3.20. The second kappa shape index (κ2) is 3.70. The second-order valence-electron chi connectivity index (χ2n) is 3.57. The van der Waals surface area contributed by atoms with Crippen LogP contribution in [-0.2, 0) is 5.54 Å². The van der Waals surface area contributed by atoms with Gasteiger partial charge in [-0.3, -0.25) is 0 Å². The van der Waals surface area contributed by atoms with Gasteiger partial charge in [0, 0.05) is 6.54 Å². The van der Waals surface area contributed by atoms with Crippen molar-refractivity contribution >= 4 is 21.9 Å². The van der Waals surface area contributed by atoms with Gasteiger partial charge in [-0.05, 0) is 29.8 Å². The van der Waals surface area contributed by atoms with Gasteiger partial charge in [0.25, 0.3) is 0 Å². The van der Waals surface area contributed by atoms with E-state index < -0.39 is 11.5 Å². The van der Waals surface area contributed by atoms with Crippen LogP contribution in [0.15, 0.2) is 10.9 Å². The summed E-state index contributed by atoms with van der Waals surface area (Å²) in [5, 5.41) is 8.92. The van der Waals surface area contributed by atoms with Crippen LogP contribution in [-0.4, -0.2) is 27.2 Å². The van der Waals surface area contributed by atoms with E-state index in [-0.39, 0.29) is 5.69 Å². The molecule has 1 heterocycles. The van der Waals surface area contributed by atoms with Crippen LogP contribution in [0.2, 0.25) is 0 Å². The lowest BCUT2D eigenvalue weighted by molar-refractivity contribution is 0.0677. The van der Waals surface area contributed by atoms with E-state index >= 15 is 0 Å². The van der Waals surface area contributed by atoms with E-state index in [4.69, 9.17) is 10.8 Å². The van der Waals surface area contributed by atoms with E-state index in [1.807, 2.05) is 13.8 Å². The Bertz CT molecular complexity index is 359. The molecule has 0 aliphatic heterocycles. The van der Waals surface area contributed by atoms with Crippen LogP contribution in [0.4, 0.5) is 0 Å². The van der Waals surface area contributed by atoms with Crippen LogP contribution < -0.4 is 5.73 Å². The molecular formula is C8H12BrN3O2. The molecule has 0 radical (unpaired) electrons. The molecule has 0 saturated heterocycles. The number of hydrogen-bond acceptors (Lipinski definition) is 3. The van der Waals surface area contributed by atoms with Crippen molar-refractivity contribution in [2.75, 3.05) is 6.54 Å². The first-order valence-corrected chi connectivity index (χ1v) is 4.86. The summed E-state index contributed by atoms with van der Waals surface area (Å²) in [6, 6.07) is 0. The number of imidazole rings is 1. The molecule has 0 amide bonds. The summed E-state index contributed by atoms with van der Waals surface area (Å²) in [7, 11) is 0. The predicted molar refractivity (Wildman–Crippen MR) is 55.3 cm³/mol. The molecule has 1 aromatic heterocycles. The third-order valence-electron chi connectivity index (χ3n) is 2.04. The molecule has 6 heteroatoms. The minimum atomic E-state index is -1.01. The Balaban J connectivity index is 3.31. The molecule has 5 nitrogen and oxygen atoms in total. The van der Waals surface area contributed by atoms with Gasteiger partial charge in [0.05, 0.1) is 11.7 Å². The van der Waals surface area contributed by atoms with Crippen molar-refractivity contribution in [3.63, 3.8) is 0 Å². The number of hydrogen-bond donors (Lipinski definition) is 2. The average Bonchev–Trinajstić information content (AvgIpc) is 2.47. The highest BCUT2D eigenvalue weighted by Gasteiger charge is 2.26. The molecular weight excluding hydrogens is 250 g/mol. The number of aromatic carboxylic acids is 1. The average molecular weight is 262 g/mol. The maximum Gasteiger partial charge on any atom is 0.354 e. The summed E-state index contributed by atoms with van der Waals surface area (Å²) in [5.41, 5.74) is 5.24. The Morgan fingerprint density at radius 3 is 2.79 bits per heavy atom. The number of carboxylic acid groups (broad SMARTS) is 1. The molecule has 0 aromatic carbocycles. The van der Waals surface area contributed by atoms with E-state index in [1.54, 1.807) is 4.57 Å². The highest BCUT2D eigenvalue weighted by molar-refractivity contribution is 9.10. The number of carbonyl (C=O) groups is 1. The summed E-state index contributed by atoms with van der Waals surface area (Å²) in [5.74, 6) is -1.01. The number of nitrogens with two attached hydrogens (primary N) is 1. The first kappa shape index (κ1) is 11.2. The smallest absolute Gasteiger partial charge is 0.354 e. The Morgan fingerprint density at radius 2 is 2.36 bits per heavy atom. The monoisotopic (exact) mass is 261 g/mol. The van der Waals surface area contributed by atoms with E-state index in [1.165, 1.54) is 6.20 Å². The van der Waals surface area contributed by atoms with Gasteiger partial charge in [-0.1, -0.05) is 0 Å². The van der Waals surface area contributed by atoms with Gasteiger partial charge in [0.15, 0.2) is 4.73 Å². The fourth-order valence-corrected chi connectivity index (χ4v) is 1.92. The minimum Gasteiger partial charge on any atom is -0.477 e. The fourth-order valence-electron chi connectivity index (χ4n) is 1.15. The van der Waals surface area contributed by atoms with Crippen molar-refractivity contribution in [2.45, 2.75) is 19.4 Å². The maximum atomic E-state index is 10.9. The third kappa shape index (κ3) is 1.80. The zero-order valence-electron chi connectivity index (χ0n) is 7.99. The topological polar surface area (TPSA) is 81.1 Å². The number of nitrogens with zero attached hydrogens (tertiary/aromatic N) is 2. The lowest BCUT2D eigenvalue weighted by Gasteiger charge is -2.26. The molecule has 0 aliphatic carbocycles. The zero-order chi connectivity index (χ0) is 10.9. The Hall–Kier alpha value is -0.880. The minimum absolute atomic E-state index is 0.132. The standard InChI is InChI=1S/C8H12BrN3O2/c1-8(2,4-10)12-5(6(13)14)3-11-7(12)9/h3H,4,10H2,1-2H3,(H,13,14). The van der Waals surface area contributed by atoms with Crippen molar-refractivity contribution in [1.82, 2.24) is 9.55 Å². The molecule has 1 aromatic rings. The van der Waals surface area contributed by atoms with Crippen LogP contribution in [0.5, 0.6) is 0 Å². The molecule has 0 unspecified atom stereocenters.